The number of sulfone groups is 1. The second-order valence-corrected chi connectivity index (χ2v) is 8.40. The fourth-order valence-corrected chi connectivity index (χ4v) is 4.77. The van der Waals surface area contributed by atoms with Gasteiger partial charge in [-0.15, -0.1) is 0 Å². The summed E-state index contributed by atoms with van der Waals surface area (Å²) in [5, 5.41) is 0. The zero-order chi connectivity index (χ0) is 17.3. The number of hydrogen-bond acceptors (Lipinski definition) is 4. The van der Waals surface area contributed by atoms with Crippen molar-refractivity contribution in [1.82, 2.24) is 9.88 Å². The summed E-state index contributed by atoms with van der Waals surface area (Å²) in [6, 6.07) is 13.1. The van der Waals surface area contributed by atoms with Crippen LogP contribution in [0.2, 0.25) is 0 Å². The smallest absolute Gasteiger partial charge is 0.255 e. The Balaban J connectivity index is 1.83. The molecule has 0 unspecified atom stereocenters. The van der Waals surface area contributed by atoms with E-state index in [4.69, 9.17) is 0 Å². The van der Waals surface area contributed by atoms with Gasteiger partial charge in [0, 0.05) is 18.7 Å². The van der Waals surface area contributed by atoms with E-state index in [0.717, 1.165) is 11.3 Å². The van der Waals surface area contributed by atoms with Gasteiger partial charge in [0.2, 0.25) is 0 Å². The molecule has 0 bridgehead atoms. The number of pyridine rings is 1. The molecular formula is C18H20N2O3S. The van der Waals surface area contributed by atoms with Crippen LogP contribution >= 0.6 is 0 Å². The minimum Gasteiger partial charge on any atom is -0.338 e. The van der Waals surface area contributed by atoms with Gasteiger partial charge >= 0.3 is 0 Å². The molecule has 5 nitrogen and oxygen atoms in total. The standard InChI is InChI=1S/C18H20N2O3S/c1-13-16(8-9-17(19-13)14-6-4-3-5-7-14)18(21)20(2)15-10-11-24(22,23)12-15/h3-9,15H,10-12H2,1-2H3/t15-/m0/s1. The molecular weight excluding hydrogens is 324 g/mol. The molecule has 1 aliphatic heterocycles. The van der Waals surface area contributed by atoms with E-state index in [2.05, 4.69) is 4.98 Å². The van der Waals surface area contributed by atoms with Gasteiger partial charge in [-0.05, 0) is 25.5 Å². The minimum absolute atomic E-state index is 0.0455. The number of carbonyl (C=O) groups is 1. The largest absolute Gasteiger partial charge is 0.338 e. The summed E-state index contributed by atoms with van der Waals surface area (Å²) in [7, 11) is -1.35. The van der Waals surface area contributed by atoms with Gasteiger partial charge in [0.15, 0.2) is 9.84 Å². The average molecular weight is 344 g/mol. The molecule has 6 heteroatoms. The molecule has 1 saturated heterocycles. The van der Waals surface area contributed by atoms with E-state index in [0.29, 0.717) is 17.7 Å². The predicted octanol–water partition coefficient (Wildman–Crippen LogP) is 2.32. The summed E-state index contributed by atoms with van der Waals surface area (Å²) in [4.78, 5) is 18.8. The highest BCUT2D eigenvalue weighted by atomic mass is 32.2. The van der Waals surface area contributed by atoms with E-state index in [1.165, 1.54) is 4.90 Å². The summed E-state index contributed by atoms with van der Waals surface area (Å²) in [6.45, 7) is 1.80. The first-order valence-corrected chi connectivity index (χ1v) is 9.70. The van der Waals surface area contributed by atoms with Gasteiger partial charge < -0.3 is 4.90 Å². The number of aromatic nitrogens is 1. The second-order valence-electron chi connectivity index (χ2n) is 6.17. The number of rotatable bonds is 3. The van der Waals surface area contributed by atoms with Crippen LogP contribution < -0.4 is 0 Å². The Labute approximate surface area is 142 Å². The topological polar surface area (TPSA) is 67.3 Å². The summed E-state index contributed by atoms with van der Waals surface area (Å²) in [5.74, 6) is 0.0187. The highest BCUT2D eigenvalue weighted by Gasteiger charge is 2.33. The summed E-state index contributed by atoms with van der Waals surface area (Å²) >= 11 is 0. The van der Waals surface area contributed by atoms with E-state index in [1.807, 2.05) is 36.4 Å². The van der Waals surface area contributed by atoms with Crippen LogP contribution in [0.4, 0.5) is 0 Å². The quantitative estimate of drug-likeness (QED) is 0.857. The van der Waals surface area contributed by atoms with Crippen LogP contribution in [0.5, 0.6) is 0 Å². The number of benzene rings is 1. The molecule has 0 N–H and O–H groups in total. The molecule has 1 aliphatic rings. The lowest BCUT2D eigenvalue weighted by Crippen LogP contribution is -2.38. The SMILES string of the molecule is Cc1nc(-c2ccccc2)ccc1C(=O)N(C)[C@H]1CCS(=O)(=O)C1. The first kappa shape index (κ1) is 16.6. The molecule has 1 atom stereocenters. The van der Waals surface area contributed by atoms with Crippen LogP contribution in [0.3, 0.4) is 0 Å². The first-order chi connectivity index (χ1) is 11.4. The lowest BCUT2D eigenvalue weighted by molar-refractivity contribution is 0.0746. The molecule has 0 aliphatic carbocycles. The zero-order valence-electron chi connectivity index (χ0n) is 13.8. The first-order valence-electron chi connectivity index (χ1n) is 7.88. The number of hydrogen-bond donors (Lipinski definition) is 0. The van der Waals surface area contributed by atoms with Crippen LogP contribution in [-0.2, 0) is 9.84 Å². The van der Waals surface area contributed by atoms with Gasteiger partial charge in [-0.3, -0.25) is 9.78 Å². The normalized spacial score (nSPS) is 19.2. The molecule has 24 heavy (non-hydrogen) atoms. The van der Waals surface area contributed by atoms with E-state index >= 15 is 0 Å². The maximum Gasteiger partial charge on any atom is 0.255 e. The Morgan fingerprint density at radius 1 is 1.17 bits per heavy atom. The van der Waals surface area contributed by atoms with Crippen LogP contribution in [0.1, 0.15) is 22.5 Å². The molecule has 126 valence electrons. The van der Waals surface area contributed by atoms with Gasteiger partial charge in [0.25, 0.3) is 5.91 Å². The van der Waals surface area contributed by atoms with Crippen molar-refractivity contribution >= 4 is 15.7 Å². The lowest BCUT2D eigenvalue weighted by atomic mass is 10.1. The highest BCUT2D eigenvalue weighted by molar-refractivity contribution is 7.91. The van der Waals surface area contributed by atoms with Crippen molar-refractivity contribution in [2.75, 3.05) is 18.6 Å². The number of nitrogens with zero attached hydrogens (tertiary/aromatic N) is 2. The van der Waals surface area contributed by atoms with Crippen LogP contribution in [0, 0.1) is 6.92 Å². The Morgan fingerprint density at radius 2 is 1.88 bits per heavy atom. The average Bonchev–Trinajstić information content (AvgIpc) is 2.94. The Morgan fingerprint density at radius 3 is 2.46 bits per heavy atom. The summed E-state index contributed by atoms with van der Waals surface area (Å²) < 4.78 is 23.2. The van der Waals surface area contributed by atoms with Crippen molar-refractivity contribution in [1.29, 1.82) is 0 Å². The van der Waals surface area contributed by atoms with Gasteiger partial charge in [0.05, 0.1) is 28.5 Å². The van der Waals surface area contributed by atoms with Crippen molar-refractivity contribution < 1.29 is 13.2 Å². The van der Waals surface area contributed by atoms with E-state index in [-0.39, 0.29) is 23.5 Å². The van der Waals surface area contributed by atoms with E-state index in [9.17, 15) is 13.2 Å². The summed E-state index contributed by atoms with van der Waals surface area (Å²) in [5.41, 5.74) is 2.97. The fourth-order valence-electron chi connectivity index (χ4n) is 2.99. The number of aryl methyl sites for hydroxylation is 1. The molecule has 3 rings (SSSR count). The number of carbonyl (C=O) groups excluding carboxylic acids is 1. The van der Waals surface area contributed by atoms with Gasteiger partial charge in [-0.1, -0.05) is 30.3 Å². The zero-order valence-corrected chi connectivity index (χ0v) is 14.6. The van der Waals surface area contributed by atoms with Crippen molar-refractivity contribution in [3.63, 3.8) is 0 Å². The molecule has 0 saturated carbocycles. The molecule has 1 amide bonds. The van der Waals surface area contributed by atoms with Crippen molar-refractivity contribution in [3.8, 4) is 11.3 Å². The highest BCUT2D eigenvalue weighted by Crippen LogP contribution is 2.22. The Hall–Kier alpha value is -2.21. The molecule has 1 fully saturated rings. The van der Waals surface area contributed by atoms with Crippen molar-refractivity contribution in [2.45, 2.75) is 19.4 Å². The number of amides is 1. The van der Waals surface area contributed by atoms with Crippen LogP contribution in [0.15, 0.2) is 42.5 Å². The third-order valence-electron chi connectivity index (χ3n) is 4.46. The molecule has 0 radical (unpaired) electrons. The van der Waals surface area contributed by atoms with E-state index in [1.54, 1.807) is 20.0 Å². The Bertz CT molecular complexity index is 863. The minimum atomic E-state index is -3.02. The van der Waals surface area contributed by atoms with Crippen LogP contribution in [0.25, 0.3) is 11.3 Å². The molecule has 1 aromatic carbocycles. The predicted molar refractivity (Wildman–Crippen MR) is 93.6 cm³/mol. The van der Waals surface area contributed by atoms with E-state index < -0.39 is 9.84 Å². The second kappa shape index (κ2) is 6.36. The monoisotopic (exact) mass is 344 g/mol. The van der Waals surface area contributed by atoms with Crippen molar-refractivity contribution in [3.05, 3.63) is 53.7 Å². The maximum absolute atomic E-state index is 12.7. The van der Waals surface area contributed by atoms with Gasteiger partial charge in [0.1, 0.15) is 0 Å². The maximum atomic E-state index is 12.7. The summed E-state index contributed by atoms with van der Waals surface area (Å²) in [6.07, 6.45) is 0.499. The third kappa shape index (κ3) is 3.33. The van der Waals surface area contributed by atoms with Crippen LogP contribution in [-0.4, -0.2) is 48.8 Å². The Kier molecular flexibility index (Phi) is 4.41. The van der Waals surface area contributed by atoms with Gasteiger partial charge in [-0.2, -0.15) is 0 Å². The molecule has 1 aromatic heterocycles. The molecule has 2 aromatic rings. The lowest BCUT2D eigenvalue weighted by Gasteiger charge is -2.24. The molecule has 0 spiro atoms. The third-order valence-corrected chi connectivity index (χ3v) is 6.21. The van der Waals surface area contributed by atoms with Gasteiger partial charge in [-0.25, -0.2) is 8.42 Å². The molecule has 2 heterocycles. The van der Waals surface area contributed by atoms with Crippen molar-refractivity contribution in [2.24, 2.45) is 0 Å². The fraction of sp³-hybridized carbons (Fsp3) is 0.333.